The average molecular weight is 298 g/mol. The number of benzene rings is 1. The molecule has 0 fully saturated rings. The van der Waals surface area contributed by atoms with Crippen molar-refractivity contribution < 1.29 is 14.7 Å². The Hall–Kier alpha value is -1.55. The Morgan fingerprint density at radius 3 is 2.40 bits per heavy atom. The van der Waals surface area contributed by atoms with Crippen LogP contribution in [0.15, 0.2) is 24.3 Å². The zero-order chi connectivity index (χ0) is 15.1. The van der Waals surface area contributed by atoms with E-state index < -0.39 is 5.97 Å². The maximum atomic E-state index is 12.3. The zero-order valence-electron chi connectivity index (χ0n) is 11.8. The topological polar surface area (TPSA) is 57.6 Å². The fourth-order valence-corrected chi connectivity index (χ4v) is 2.03. The third-order valence-corrected chi connectivity index (χ3v) is 3.53. The van der Waals surface area contributed by atoms with Crippen molar-refractivity contribution in [3.63, 3.8) is 0 Å². The van der Waals surface area contributed by atoms with Gasteiger partial charge in [0.05, 0.1) is 12.8 Å². The van der Waals surface area contributed by atoms with Gasteiger partial charge in [-0.15, -0.1) is 0 Å². The molecule has 0 saturated carbocycles. The van der Waals surface area contributed by atoms with Gasteiger partial charge < -0.3 is 10.0 Å². The van der Waals surface area contributed by atoms with E-state index >= 15 is 0 Å². The number of carbonyl (C=O) groups is 2. The van der Waals surface area contributed by atoms with Gasteiger partial charge in [-0.2, -0.15) is 0 Å². The van der Waals surface area contributed by atoms with E-state index in [0.717, 1.165) is 12.0 Å². The van der Waals surface area contributed by atoms with Gasteiger partial charge in [0.2, 0.25) is 5.91 Å². The summed E-state index contributed by atoms with van der Waals surface area (Å²) in [6.07, 6.45) is 1.03. The molecule has 0 aromatic heterocycles. The lowest BCUT2D eigenvalue weighted by atomic mass is 10.1. The summed E-state index contributed by atoms with van der Waals surface area (Å²) in [6.45, 7) is 4.16. The molecule has 0 spiro atoms. The lowest BCUT2D eigenvalue weighted by Gasteiger charge is -2.28. The van der Waals surface area contributed by atoms with Crippen LogP contribution in [0.5, 0.6) is 0 Å². The molecular formula is C15H20ClNO3. The molecule has 5 heteroatoms. The van der Waals surface area contributed by atoms with Crippen LogP contribution in [0.2, 0.25) is 5.02 Å². The summed E-state index contributed by atoms with van der Waals surface area (Å²) in [6, 6.07) is 7.15. The van der Waals surface area contributed by atoms with Gasteiger partial charge >= 0.3 is 5.97 Å². The molecule has 1 atom stereocenters. The second kappa shape index (κ2) is 7.90. The molecule has 4 nitrogen and oxygen atoms in total. The molecule has 1 unspecified atom stereocenters. The van der Waals surface area contributed by atoms with E-state index in [1.807, 2.05) is 26.0 Å². The summed E-state index contributed by atoms with van der Waals surface area (Å²) in [5, 5.41) is 9.40. The Balaban J connectivity index is 2.71. The molecule has 20 heavy (non-hydrogen) atoms. The highest BCUT2D eigenvalue weighted by atomic mass is 35.5. The molecule has 0 heterocycles. The molecule has 1 aromatic rings. The number of carbonyl (C=O) groups excluding carboxylic acids is 1. The van der Waals surface area contributed by atoms with E-state index in [9.17, 15) is 9.59 Å². The Labute approximate surface area is 124 Å². The Bertz CT molecular complexity index is 459. The van der Waals surface area contributed by atoms with Crippen LogP contribution in [0.25, 0.3) is 0 Å². The van der Waals surface area contributed by atoms with Crippen molar-refractivity contribution in [2.75, 3.05) is 6.54 Å². The van der Waals surface area contributed by atoms with E-state index in [-0.39, 0.29) is 31.3 Å². The first-order valence-electron chi connectivity index (χ1n) is 6.69. The van der Waals surface area contributed by atoms with Crippen LogP contribution >= 0.6 is 11.6 Å². The molecule has 0 aliphatic heterocycles. The van der Waals surface area contributed by atoms with Gasteiger partial charge in [-0.25, -0.2) is 0 Å². The van der Waals surface area contributed by atoms with Crippen LogP contribution in [-0.2, 0) is 16.0 Å². The van der Waals surface area contributed by atoms with E-state index in [1.165, 1.54) is 0 Å². The number of hydrogen-bond acceptors (Lipinski definition) is 2. The smallest absolute Gasteiger partial charge is 0.305 e. The normalized spacial score (nSPS) is 11.9. The van der Waals surface area contributed by atoms with E-state index in [2.05, 4.69) is 0 Å². The second-order valence-electron chi connectivity index (χ2n) is 4.79. The monoisotopic (exact) mass is 297 g/mol. The number of rotatable bonds is 7. The highest BCUT2D eigenvalue weighted by Crippen LogP contribution is 2.13. The second-order valence-corrected chi connectivity index (χ2v) is 5.23. The van der Waals surface area contributed by atoms with Gasteiger partial charge in [0.15, 0.2) is 0 Å². The molecule has 0 radical (unpaired) electrons. The van der Waals surface area contributed by atoms with Gasteiger partial charge in [0.25, 0.3) is 0 Å². The SMILES string of the molecule is CCC(C)N(CCC(=O)O)C(=O)Cc1ccc(Cl)cc1. The molecule has 1 N–H and O–H groups in total. The largest absolute Gasteiger partial charge is 0.481 e. The van der Waals surface area contributed by atoms with Crippen molar-refractivity contribution in [1.29, 1.82) is 0 Å². The molecule has 1 aromatic carbocycles. The van der Waals surface area contributed by atoms with E-state index in [1.54, 1.807) is 17.0 Å². The zero-order valence-corrected chi connectivity index (χ0v) is 12.6. The molecule has 0 aliphatic carbocycles. The summed E-state index contributed by atoms with van der Waals surface area (Å²) < 4.78 is 0. The standard InChI is InChI=1S/C15H20ClNO3/c1-3-11(2)17(9-8-15(19)20)14(18)10-12-4-6-13(16)7-5-12/h4-7,11H,3,8-10H2,1-2H3,(H,19,20). The molecule has 0 saturated heterocycles. The summed E-state index contributed by atoms with van der Waals surface area (Å²) in [4.78, 5) is 24.6. The summed E-state index contributed by atoms with van der Waals surface area (Å²) in [7, 11) is 0. The van der Waals surface area contributed by atoms with Crippen molar-refractivity contribution in [1.82, 2.24) is 4.90 Å². The van der Waals surface area contributed by atoms with Gasteiger partial charge in [-0.05, 0) is 31.0 Å². The minimum atomic E-state index is -0.891. The molecule has 110 valence electrons. The maximum absolute atomic E-state index is 12.3. The Kier molecular flexibility index (Phi) is 6.52. The number of halogens is 1. The first kappa shape index (κ1) is 16.5. The highest BCUT2D eigenvalue weighted by Gasteiger charge is 2.19. The van der Waals surface area contributed by atoms with Gasteiger partial charge in [0.1, 0.15) is 0 Å². The van der Waals surface area contributed by atoms with E-state index in [4.69, 9.17) is 16.7 Å². The Morgan fingerprint density at radius 2 is 1.90 bits per heavy atom. The van der Waals surface area contributed by atoms with Crippen molar-refractivity contribution >= 4 is 23.5 Å². The lowest BCUT2D eigenvalue weighted by molar-refractivity contribution is -0.139. The molecule has 0 bridgehead atoms. The van der Waals surface area contributed by atoms with Gasteiger partial charge in [-0.1, -0.05) is 30.7 Å². The third kappa shape index (κ3) is 5.21. The quantitative estimate of drug-likeness (QED) is 0.842. The minimum Gasteiger partial charge on any atom is -0.481 e. The van der Waals surface area contributed by atoms with Crippen LogP contribution in [0.1, 0.15) is 32.3 Å². The van der Waals surface area contributed by atoms with Gasteiger partial charge in [-0.3, -0.25) is 9.59 Å². The number of hydrogen-bond donors (Lipinski definition) is 1. The summed E-state index contributed by atoms with van der Waals surface area (Å²) in [5.74, 6) is -0.944. The van der Waals surface area contributed by atoms with Crippen LogP contribution in [-0.4, -0.2) is 34.5 Å². The Morgan fingerprint density at radius 1 is 1.30 bits per heavy atom. The van der Waals surface area contributed by atoms with Crippen LogP contribution in [0.4, 0.5) is 0 Å². The number of nitrogens with zero attached hydrogens (tertiary/aromatic N) is 1. The van der Waals surface area contributed by atoms with Crippen LogP contribution in [0, 0.1) is 0 Å². The summed E-state index contributed by atoms with van der Waals surface area (Å²) >= 11 is 5.81. The van der Waals surface area contributed by atoms with E-state index in [0.29, 0.717) is 5.02 Å². The fraction of sp³-hybridized carbons (Fsp3) is 0.467. The number of amides is 1. The van der Waals surface area contributed by atoms with Crippen molar-refractivity contribution in [2.24, 2.45) is 0 Å². The molecular weight excluding hydrogens is 278 g/mol. The average Bonchev–Trinajstić information content (AvgIpc) is 2.41. The third-order valence-electron chi connectivity index (χ3n) is 3.28. The van der Waals surface area contributed by atoms with Crippen molar-refractivity contribution in [3.8, 4) is 0 Å². The molecule has 0 aliphatic rings. The number of carboxylic acids is 1. The predicted octanol–water partition coefficient (Wildman–Crippen LogP) is 2.98. The van der Waals surface area contributed by atoms with Crippen molar-refractivity contribution in [3.05, 3.63) is 34.9 Å². The van der Waals surface area contributed by atoms with Crippen LogP contribution in [0.3, 0.4) is 0 Å². The maximum Gasteiger partial charge on any atom is 0.305 e. The van der Waals surface area contributed by atoms with Gasteiger partial charge in [0, 0.05) is 17.6 Å². The highest BCUT2D eigenvalue weighted by molar-refractivity contribution is 6.30. The fourth-order valence-electron chi connectivity index (χ4n) is 1.91. The minimum absolute atomic E-state index is 0.0311. The number of carboxylic acid groups (broad SMARTS) is 1. The number of aliphatic carboxylic acids is 1. The van der Waals surface area contributed by atoms with Crippen molar-refractivity contribution in [2.45, 2.75) is 39.2 Å². The summed E-state index contributed by atoms with van der Waals surface area (Å²) in [5.41, 5.74) is 0.878. The molecule has 1 amide bonds. The first-order chi connectivity index (χ1) is 9.43. The predicted molar refractivity (Wildman–Crippen MR) is 78.9 cm³/mol. The lowest BCUT2D eigenvalue weighted by Crippen LogP contribution is -2.40. The first-order valence-corrected chi connectivity index (χ1v) is 7.07. The van der Waals surface area contributed by atoms with Crippen LogP contribution < -0.4 is 0 Å². The molecule has 1 rings (SSSR count).